The molecule has 8 heteroatoms. The molecule has 142 valence electrons. The van der Waals surface area contributed by atoms with Crippen LogP contribution < -0.4 is 10.1 Å². The molecule has 0 radical (unpaired) electrons. The van der Waals surface area contributed by atoms with Gasteiger partial charge in [0.1, 0.15) is 5.75 Å². The third-order valence-corrected chi connectivity index (χ3v) is 4.01. The summed E-state index contributed by atoms with van der Waals surface area (Å²) < 4.78 is 9.91. The van der Waals surface area contributed by atoms with Crippen LogP contribution in [-0.2, 0) is 4.74 Å². The molecule has 0 bridgehead atoms. The van der Waals surface area contributed by atoms with Gasteiger partial charge in [-0.15, -0.1) is 0 Å². The summed E-state index contributed by atoms with van der Waals surface area (Å²) in [6.45, 7) is 3.69. The molecule has 0 spiro atoms. The number of aryl methyl sites for hydroxylation is 1. The van der Waals surface area contributed by atoms with E-state index < -0.39 is 22.8 Å². The monoisotopic (exact) mass is 372 g/mol. The average Bonchev–Trinajstić information content (AvgIpc) is 2.66. The third-order valence-electron chi connectivity index (χ3n) is 4.01. The molecule has 1 atom stereocenters. The molecule has 0 fully saturated rings. The van der Waals surface area contributed by atoms with E-state index in [2.05, 4.69) is 10.1 Å². The number of benzene rings is 2. The highest BCUT2D eigenvalue weighted by atomic mass is 16.6. The SMILES string of the molecule is COC(=O)c1cc(C(=O)N[C@H](C)c2cc(C)ccc2OC)cc([N+](=O)[O-])c1. The molecule has 27 heavy (non-hydrogen) atoms. The van der Waals surface area contributed by atoms with Crippen molar-refractivity contribution in [2.75, 3.05) is 14.2 Å². The van der Waals surface area contributed by atoms with Crippen molar-refractivity contribution in [3.63, 3.8) is 0 Å². The van der Waals surface area contributed by atoms with Gasteiger partial charge in [0.15, 0.2) is 0 Å². The van der Waals surface area contributed by atoms with E-state index in [4.69, 9.17) is 4.74 Å². The predicted octanol–water partition coefficient (Wildman–Crippen LogP) is 3.19. The molecule has 0 saturated heterocycles. The van der Waals surface area contributed by atoms with Gasteiger partial charge in [-0.1, -0.05) is 17.7 Å². The Balaban J connectivity index is 2.35. The van der Waals surface area contributed by atoms with Crippen LogP contribution in [0.25, 0.3) is 0 Å². The van der Waals surface area contributed by atoms with Crippen LogP contribution in [0.2, 0.25) is 0 Å². The van der Waals surface area contributed by atoms with Crippen LogP contribution in [-0.4, -0.2) is 31.0 Å². The summed E-state index contributed by atoms with van der Waals surface area (Å²) in [6.07, 6.45) is 0. The Labute approximate surface area is 156 Å². The lowest BCUT2D eigenvalue weighted by Crippen LogP contribution is -2.27. The fourth-order valence-electron chi connectivity index (χ4n) is 2.63. The first-order valence-corrected chi connectivity index (χ1v) is 8.10. The number of methoxy groups -OCH3 is 2. The van der Waals surface area contributed by atoms with Gasteiger partial charge < -0.3 is 14.8 Å². The molecule has 0 aliphatic rings. The van der Waals surface area contributed by atoms with Gasteiger partial charge in [0, 0.05) is 23.3 Å². The van der Waals surface area contributed by atoms with E-state index in [9.17, 15) is 19.7 Å². The number of hydrogen-bond donors (Lipinski definition) is 1. The maximum Gasteiger partial charge on any atom is 0.338 e. The number of nitro groups is 1. The topological polar surface area (TPSA) is 108 Å². The fourth-order valence-corrected chi connectivity index (χ4v) is 2.63. The first kappa shape index (κ1) is 19.9. The number of nitrogens with zero attached hydrogens (tertiary/aromatic N) is 1. The molecular weight excluding hydrogens is 352 g/mol. The van der Waals surface area contributed by atoms with Crippen molar-refractivity contribution in [2.24, 2.45) is 0 Å². The number of carbonyl (C=O) groups is 2. The van der Waals surface area contributed by atoms with Crippen LogP contribution in [0.1, 0.15) is 44.8 Å². The number of non-ortho nitro benzene ring substituents is 1. The normalized spacial score (nSPS) is 11.4. The Kier molecular flexibility index (Phi) is 6.12. The Morgan fingerprint density at radius 1 is 1.11 bits per heavy atom. The van der Waals surface area contributed by atoms with Crippen molar-refractivity contribution in [2.45, 2.75) is 19.9 Å². The van der Waals surface area contributed by atoms with E-state index in [-0.39, 0.29) is 16.8 Å². The van der Waals surface area contributed by atoms with E-state index in [1.54, 1.807) is 13.0 Å². The highest BCUT2D eigenvalue weighted by molar-refractivity contribution is 5.99. The summed E-state index contributed by atoms with van der Waals surface area (Å²) >= 11 is 0. The fraction of sp³-hybridized carbons (Fsp3) is 0.263. The minimum atomic E-state index is -0.763. The summed E-state index contributed by atoms with van der Waals surface area (Å²) in [7, 11) is 2.69. The maximum atomic E-state index is 12.6. The van der Waals surface area contributed by atoms with Crippen molar-refractivity contribution in [1.82, 2.24) is 5.32 Å². The van der Waals surface area contributed by atoms with Crippen molar-refractivity contribution >= 4 is 17.6 Å². The average molecular weight is 372 g/mol. The standard InChI is InChI=1S/C19H20N2O6/c1-11-5-6-17(26-3)16(7-11)12(2)20-18(22)13-8-14(19(23)27-4)10-15(9-13)21(24)25/h5-10,12H,1-4H3,(H,20,22)/t12-/m1/s1. The number of ether oxygens (including phenoxy) is 2. The number of carbonyl (C=O) groups excluding carboxylic acids is 2. The summed E-state index contributed by atoms with van der Waals surface area (Å²) in [4.78, 5) is 34.8. The van der Waals surface area contributed by atoms with Gasteiger partial charge in [-0.2, -0.15) is 0 Å². The molecule has 1 amide bonds. The van der Waals surface area contributed by atoms with Crippen molar-refractivity contribution in [3.8, 4) is 5.75 Å². The van der Waals surface area contributed by atoms with Crippen LogP contribution in [0.15, 0.2) is 36.4 Å². The Morgan fingerprint density at radius 3 is 2.37 bits per heavy atom. The van der Waals surface area contributed by atoms with Crippen LogP contribution in [0, 0.1) is 17.0 Å². The summed E-state index contributed by atoms with van der Waals surface area (Å²) in [6, 6.07) is 8.59. The van der Waals surface area contributed by atoms with Crippen LogP contribution in [0.5, 0.6) is 5.75 Å². The van der Waals surface area contributed by atoms with Gasteiger partial charge >= 0.3 is 5.97 Å². The number of hydrogen-bond acceptors (Lipinski definition) is 6. The second-order valence-corrected chi connectivity index (χ2v) is 5.96. The van der Waals surface area contributed by atoms with E-state index in [0.29, 0.717) is 5.75 Å². The van der Waals surface area contributed by atoms with Gasteiger partial charge in [0.25, 0.3) is 11.6 Å². The largest absolute Gasteiger partial charge is 0.496 e. The number of esters is 1. The second-order valence-electron chi connectivity index (χ2n) is 5.96. The smallest absolute Gasteiger partial charge is 0.338 e. The van der Waals surface area contributed by atoms with Crippen LogP contribution in [0.4, 0.5) is 5.69 Å². The molecule has 0 heterocycles. The molecule has 0 saturated carbocycles. The van der Waals surface area contributed by atoms with Crippen molar-refractivity contribution < 1.29 is 24.0 Å². The van der Waals surface area contributed by atoms with Gasteiger partial charge in [0.05, 0.1) is 30.7 Å². The molecule has 0 aromatic heterocycles. The summed E-state index contributed by atoms with van der Waals surface area (Å²) in [5, 5.41) is 13.9. The van der Waals surface area contributed by atoms with Crippen LogP contribution in [0.3, 0.4) is 0 Å². The lowest BCUT2D eigenvalue weighted by atomic mass is 10.0. The van der Waals surface area contributed by atoms with Crippen LogP contribution >= 0.6 is 0 Å². The Hall–Kier alpha value is -3.42. The van der Waals surface area contributed by atoms with Crippen molar-refractivity contribution in [1.29, 1.82) is 0 Å². The molecule has 1 N–H and O–H groups in total. The first-order valence-electron chi connectivity index (χ1n) is 8.10. The number of nitrogens with one attached hydrogen (secondary N) is 1. The summed E-state index contributed by atoms with van der Waals surface area (Å²) in [5.74, 6) is -0.705. The molecule has 2 rings (SSSR count). The zero-order valence-electron chi connectivity index (χ0n) is 15.4. The zero-order valence-corrected chi connectivity index (χ0v) is 15.4. The van der Waals surface area contributed by atoms with Gasteiger partial charge in [0.2, 0.25) is 0 Å². The summed E-state index contributed by atoms with van der Waals surface area (Å²) in [5.41, 5.74) is 1.31. The maximum absolute atomic E-state index is 12.6. The predicted molar refractivity (Wildman–Crippen MR) is 98.0 cm³/mol. The zero-order chi connectivity index (χ0) is 20.1. The van der Waals surface area contributed by atoms with E-state index in [1.807, 2.05) is 19.1 Å². The van der Waals surface area contributed by atoms with Gasteiger partial charge in [-0.25, -0.2) is 4.79 Å². The highest BCUT2D eigenvalue weighted by Crippen LogP contribution is 2.27. The third kappa shape index (κ3) is 4.60. The quantitative estimate of drug-likeness (QED) is 0.474. The van der Waals surface area contributed by atoms with Gasteiger partial charge in [-0.05, 0) is 26.0 Å². The molecule has 0 unspecified atom stereocenters. The van der Waals surface area contributed by atoms with E-state index in [0.717, 1.165) is 30.4 Å². The van der Waals surface area contributed by atoms with E-state index >= 15 is 0 Å². The van der Waals surface area contributed by atoms with Gasteiger partial charge in [-0.3, -0.25) is 14.9 Å². The Morgan fingerprint density at radius 2 is 1.78 bits per heavy atom. The first-order chi connectivity index (χ1) is 12.8. The van der Waals surface area contributed by atoms with E-state index in [1.165, 1.54) is 13.2 Å². The lowest BCUT2D eigenvalue weighted by Gasteiger charge is -2.18. The van der Waals surface area contributed by atoms with Crippen molar-refractivity contribution in [3.05, 3.63) is 68.8 Å². The molecule has 0 aliphatic heterocycles. The highest BCUT2D eigenvalue weighted by Gasteiger charge is 2.20. The number of rotatable bonds is 6. The lowest BCUT2D eigenvalue weighted by molar-refractivity contribution is -0.384. The molecule has 0 aliphatic carbocycles. The molecule has 2 aromatic carbocycles. The minimum absolute atomic E-state index is 0.0110. The molecular formula is C19H20N2O6. The Bertz CT molecular complexity index is 894. The molecule has 8 nitrogen and oxygen atoms in total. The second kappa shape index (κ2) is 8.31. The molecule has 2 aromatic rings. The number of nitro benzene ring substituents is 1. The minimum Gasteiger partial charge on any atom is -0.496 e. The number of amides is 1.